The number of hydrogen-bond donors (Lipinski definition) is 4. The van der Waals surface area contributed by atoms with Gasteiger partial charge in [0.15, 0.2) is 0 Å². The summed E-state index contributed by atoms with van der Waals surface area (Å²) in [5.41, 5.74) is 0.872. The molecule has 0 saturated carbocycles. The summed E-state index contributed by atoms with van der Waals surface area (Å²) in [6.07, 6.45) is 1.87. The third-order valence-corrected chi connectivity index (χ3v) is 4.85. The number of nitrogens with one attached hydrogen (secondary N) is 3. The maximum Gasteiger partial charge on any atom is 0.305 e. The molecule has 2 aromatic rings. The van der Waals surface area contributed by atoms with Gasteiger partial charge in [0.1, 0.15) is 10.8 Å². The van der Waals surface area contributed by atoms with E-state index in [1.807, 2.05) is 19.1 Å². The molecule has 177 valence electrons. The molecule has 1 radical (unpaired) electrons. The maximum absolute atomic E-state index is 12.2. The Morgan fingerprint density at radius 1 is 1.21 bits per heavy atom. The summed E-state index contributed by atoms with van der Waals surface area (Å²) in [4.78, 5) is 50.0. The van der Waals surface area contributed by atoms with Gasteiger partial charge in [-0.05, 0) is 42.7 Å². The number of hydrogen-bond acceptors (Lipinski definition) is 7. The molecule has 34 heavy (non-hydrogen) atoms. The Morgan fingerprint density at radius 2 is 1.94 bits per heavy atom. The molecular weight excluding hydrogens is 477 g/mol. The molecule has 1 atom stereocenters. The van der Waals surface area contributed by atoms with Gasteiger partial charge in [-0.15, -0.1) is 0 Å². The van der Waals surface area contributed by atoms with Crippen LogP contribution in [-0.2, 0) is 14.4 Å². The van der Waals surface area contributed by atoms with Crippen LogP contribution in [0.1, 0.15) is 36.4 Å². The van der Waals surface area contributed by atoms with Gasteiger partial charge in [-0.1, -0.05) is 17.7 Å². The first-order valence-electron chi connectivity index (χ1n) is 10.0. The van der Waals surface area contributed by atoms with E-state index < -0.39 is 34.9 Å². The van der Waals surface area contributed by atoms with Crippen LogP contribution in [0.15, 0.2) is 36.5 Å². The predicted molar refractivity (Wildman–Crippen MR) is 127 cm³/mol. The van der Waals surface area contributed by atoms with E-state index in [4.69, 9.17) is 16.7 Å². The van der Waals surface area contributed by atoms with E-state index in [1.54, 1.807) is 6.20 Å². The van der Waals surface area contributed by atoms with Crippen molar-refractivity contribution in [3.8, 4) is 0 Å². The van der Waals surface area contributed by atoms with E-state index in [9.17, 15) is 24.5 Å². The summed E-state index contributed by atoms with van der Waals surface area (Å²) in [5, 5.41) is 28.2. The Bertz CT molecular complexity index is 1040. The van der Waals surface area contributed by atoms with Crippen molar-refractivity contribution >= 4 is 70.4 Å². The molecule has 1 aromatic carbocycles. The van der Waals surface area contributed by atoms with E-state index in [2.05, 4.69) is 20.9 Å². The number of aliphatic carboxylic acids is 1. The fraction of sp³-hybridized carbons (Fsp3) is 0.333. The summed E-state index contributed by atoms with van der Waals surface area (Å²) in [6.45, 7) is 2.10. The van der Waals surface area contributed by atoms with Crippen LogP contribution in [0.2, 0.25) is 5.02 Å². The van der Waals surface area contributed by atoms with Crippen molar-refractivity contribution in [3.63, 3.8) is 0 Å². The third kappa shape index (κ3) is 10.0. The minimum atomic E-state index is -1.21. The Morgan fingerprint density at radius 3 is 2.59 bits per heavy atom. The van der Waals surface area contributed by atoms with Crippen LogP contribution in [0.25, 0.3) is 0 Å². The molecule has 2 amide bonds. The summed E-state index contributed by atoms with van der Waals surface area (Å²) in [5.74, 6) is -1.48. The number of nitrogens with zero attached hydrogens (tertiary/aromatic N) is 2. The molecule has 0 aliphatic carbocycles. The minimum Gasteiger partial charge on any atom is -0.481 e. The van der Waals surface area contributed by atoms with Gasteiger partial charge in [-0.25, -0.2) is 4.98 Å². The van der Waals surface area contributed by atoms with E-state index in [0.717, 1.165) is 11.6 Å². The van der Waals surface area contributed by atoms with Crippen LogP contribution in [0.3, 0.4) is 0 Å². The van der Waals surface area contributed by atoms with Crippen molar-refractivity contribution in [1.29, 1.82) is 0 Å². The number of carbonyl (C=O) groups is 3. The summed E-state index contributed by atoms with van der Waals surface area (Å²) in [7, 11) is 0. The number of benzene rings is 1. The van der Waals surface area contributed by atoms with Crippen molar-refractivity contribution in [2.45, 2.75) is 32.2 Å². The Hall–Kier alpha value is -2.73. The molecule has 0 aliphatic heterocycles. The smallest absolute Gasteiger partial charge is 0.305 e. The van der Waals surface area contributed by atoms with Gasteiger partial charge in [0.2, 0.25) is 11.8 Å². The zero-order valence-corrected chi connectivity index (χ0v) is 21.6. The zero-order valence-electron chi connectivity index (χ0n) is 18.8. The molecule has 0 fully saturated rings. The second-order valence-electron chi connectivity index (χ2n) is 7.21. The molecule has 1 heterocycles. The fourth-order valence-corrected chi connectivity index (χ4v) is 3.11. The van der Waals surface area contributed by atoms with Crippen molar-refractivity contribution in [2.75, 3.05) is 18.4 Å². The molecule has 0 saturated heterocycles. The van der Waals surface area contributed by atoms with Crippen LogP contribution >= 0.6 is 11.6 Å². The number of halogens is 1. The Labute approximate surface area is 223 Å². The van der Waals surface area contributed by atoms with Gasteiger partial charge in [-0.3, -0.25) is 24.5 Å². The van der Waals surface area contributed by atoms with Crippen LogP contribution < -0.4 is 16.0 Å². The number of aryl methyl sites for hydroxylation is 1. The maximum atomic E-state index is 12.2. The molecule has 0 spiro atoms. The first-order chi connectivity index (χ1) is 15.7. The van der Waals surface area contributed by atoms with Crippen molar-refractivity contribution in [2.24, 2.45) is 0 Å². The largest absolute Gasteiger partial charge is 0.481 e. The van der Waals surface area contributed by atoms with E-state index >= 15 is 0 Å². The number of carboxylic acid groups (broad SMARTS) is 1. The van der Waals surface area contributed by atoms with Crippen molar-refractivity contribution in [3.05, 3.63) is 62.8 Å². The van der Waals surface area contributed by atoms with Crippen LogP contribution in [0, 0.1) is 17.0 Å². The number of nitro groups is 1. The number of amides is 2. The number of carbonyl (C=O) groups excluding carboxylic acids is 2. The summed E-state index contributed by atoms with van der Waals surface area (Å²) in [6, 6.07) is 6.50. The first kappa shape index (κ1) is 29.3. The minimum absolute atomic E-state index is 0. The normalized spacial score (nSPS) is 11.0. The fourth-order valence-electron chi connectivity index (χ4n) is 2.92. The van der Waals surface area contributed by atoms with Gasteiger partial charge < -0.3 is 21.1 Å². The molecule has 13 heteroatoms. The average molecular weight is 501 g/mol. The number of aromatic nitrogens is 1. The van der Waals surface area contributed by atoms with Crippen molar-refractivity contribution < 1.29 is 24.4 Å². The van der Waals surface area contributed by atoms with Gasteiger partial charge >= 0.3 is 5.97 Å². The SMILES string of the molecule is Cc1ccnc(NCCCC(=O)NCC(=O)NC(CC(=O)O)c2ccc(Cl)c([N+](=O)[O-])c2)c1.[Na]. The molecule has 1 unspecified atom stereocenters. The van der Waals surface area contributed by atoms with E-state index in [0.29, 0.717) is 18.8 Å². The molecule has 2 rings (SSSR count). The molecular formula is C21H24ClN5NaO6. The number of carboxylic acids is 1. The van der Waals surface area contributed by atoms with E-state index in [-0.39, 0.29) is 59.0 Å². The zero-order chi connectivity index (χ0) is 24.4. The summed E-state index contributed by atoms with van der Waals surface area (Å²) < 4.78 is 0. The molecule has 1 aromatic heterocycles. The Balaban J connectivity index is 0.00000578. The predicted octanol–water partition coefficient (Wildman–Crippen LogP) is 2.21. The second kappa shape index (κ2) is 14.5. The second-order valence-corrected chi connectivity index (χ2v) is 7.62. The van der Waals surface area contributed by atoms with Gasteiger partial charge in [0, 0.05) is 54.8 Å². The van der Waals surface area contributed by atoms with E-state index in [1.165, 1.54) is 12.1 Å². The number of pyridine rings is 1. The van der Waals surface area contributed by atoms with Crippen LogP contribution in [0.4, 0.5) is 11.5 Å². The monoisotopic (exact) mass is 500 g/mol. The first-order valence-corrected chi connectivity index (χ1v) is 10.4. The van der Waals surface area contributed by atoms with Crippen LogP contribution in [0.5, 0.6) is 0 Å². The number of anilines is 1. The van der Waals surface area contributed by atoms with Gasteiger partial charge in [-0.2, -0.15) is 0 Å². The van der Waals surface area contributed by atoms with Crippen LogP contribution in [-0.4, -0.2) is 75.4 Å². The standard InChI is InChI=1S/C21H24ClN5O6.Na/c1-13-6-8-24-18(9-13)23-7-2-3-19(28)25-12-20(29)26-16(11-21(30)31)14-4-5-15(22)17(10-14)27(32)33;/h4-6,8-10,16H,2-3,7,11-12H2,1H3,(H,23,24)(H,25,28)(H,26,29)(H,30,31);. The van der Waals surface area contributed by atoms with Gasteiger partial charge in [0.25, 0.3) is 5.69 Å². The Kier molecular flexibility index (Phi) is 12.5. The molecule has 11 nitrogen and oxygen atoms in total. The third-order valence-electron chi connectivity index (χ3n) is 4.53. The van der Waals surface area contributed by atoms with Crippen molar-refractivity contribution in [1.82, 2.24) is 15.6 Å². The van der Waals surface area contributed by atoms with Gasteiger partial charge in [0.05, 0.1) is 23.9 Å². The molecule has 0 bridgehead atoms. The molecule has 4 N–H and O–H groups in total. The number of rotatable bonds is 12. The molecule has 0 aliphatic rings. The quantitative estimate of drug-likeness (QED) is 0.149. The number of nitro benzene ring substituents is 1. The topological polar surface area (TPSA) is 164 Å². The summed E-state index contributed by atoms with van der Waals surface area (Å²) >= 11 is 5.78. The average Bonchev–Trinajstić information content (AvgIpc) is 2.75.